The highest BCUT2D eigenvalue weighted by atomic mass is 16.5. The molecule has 0 saturated carbocycles. The predicted octanol–water partition coefficient (Wildman–Crippen LogP) is 3.83. The molecule has 2 heteroatoms. The van der Waals surface area contributed by atoms with Gasteiger partial charge in [-0.05, 0) is 29.6 Å². The Morgan fingerprint density at radius 2 is 1.94 bits per heavy atom. The fourth-order valence-corrected chi connectivity index (χ4v) is 3.14. The average Bonchev–Trinajstić information content (AvgIpc) is 2.18. The quantitative estimate of drug-likeness (QED) is 0.701. The Morgan fingerprint density at radius 3 is 2.41 bits per heavy atom. The summed E-state index contributed by atoms with van der Waals surface area (Å²) in [5, 5.41) is 0. The third-order valence-electron chi connectivity index (χ3n) is 4.28. The van der Waals surface area contributed by atoms with Gasteiger partial charge in [-0.25, -0.2) is 0 Å². The standard InChI is InChI=1S/C15H28O2/c1-11-10-12(8-7-9-16)17-13(14(2,3)4)15(11,5)6/h9,11-13H,7-8,10H2,1-6H3/t11-,12?,13-/m1/s1. The molecule has 0 aliphatic carbocycles. The molecule has 0 amide bonds. The number of hydrogen-bond donors (Lipinski definition) is 0. The summed E-state index contributed by atoms with van der Waals surface area (Å²) in [7, 11) is 0. The van der Waals surface area contributed by atoms with E-state index in [1.165, 1.54) is 0 Å². The van der Waals surface area contributed by atoms with Crippen LogP contribution >= 0.6 is 0 Å². The van der Waals surface area contributed by atoms with Gasteiger partial charge in [-0.2, -0.15) is 0 Å². The Bertz CT molecular complexity index is 263. The molecule has 0 aromatic carbocycles. The molecule has 1 fully saturated rings. The second kappa shape index (κ2) is 5.09. The topological polar surface area (TPSA) is 26.3 Å². The van der Waals surface area contributed by atoms with Crippen molar-refractivity contribution in [1.82, 2.24) is 0 Å². The van der Waals surface area contributed by atoms with E-state index in [0.717, 1.165) is 19.1 Å². The van der Waals surface area contributed by atoms with E-state index in [9.17, 15) is 4.79 Å². The molecule has 100 valence electrons. The maximum absolute atomic E-state index is 10.5. The Balaban J connectivity index is 2.80. The first-order valence-corrected chi connectivity index (χ1v) is 6.78. The maximum atomic E-state index is 10.5. The van der Waals surface area contributed by atoms with Crippen LogP contribution in [0, 0.1) is 16.7 Å². The van der Waals surface area contributed by atoms with Crippen LogP contribution in [0.3, 0.4) is 0 Å². The molecule has 1 heterocycles. The van der Waals surface area contributed by atoms with Gasteiger partial charge in [0.15, 0.2) is 0 Å². The second-order valence-corrected chi connectivity index (χ2v) is 7.21. The van der Waals surface area contributed by atoms with Crippen molar-refractivity contribution in [3.8, 4) is 0 Å². The highest BCUT2D eigenvalue weighted by Gasteiger charge is 2.47. The van der Waals surface area contributed by atoms with Crippen molar-refractivity contribution in [1.29, 1.82) is 0 Å². The fraction of sp³-hybridized carbons (Fsp3) is 0.933. The minimum absolute atomic E-state index is 0.150. The zero-order valence-corrected chi connectivity index (χ0v) is 12.2. The Morgan fingerprint density at radius 1 is 1.35 bits per heavy atom. The van der Waals surface area contributed by atoms with Gasteiger partial charge in [-0.3, -0.25) is 0 Å². The number of aldehydes is 1. The summed E-state index contributed by atoms with van der Waals surface area (Å²) < 4.78 is 6.28. The minimum atomic E-state index is 0.150. The molecule has 0 radical (unpaired) electrons. The largest absolute Gasteiger partial charge is 0.374 e. The molecule has 1 aliphatic rings. The van der Waals surface area contributed by atoms with Gasteiger partial charge in [0.25, 0.3) is 0 Å². The van der Waals surface area contributed by atoms with Gasteiger partial charge in [-0.15, -0.1) is 0 Å². The lowest BCUT2D eigenvalue weighted by molar-refractivity contribution is -0.185. The summed E-state index contributed by atoms with van der Waals surface area (Å²) in [6.45, 7) is 13.7. The third-order valence-corrected chi connectivity index (χ3v) is 4.28. The van der Waals surface area contributed by atoms with Crippen molar-refractivity contribution < 1.29 is 9.53 Å². The first-order valence-electron chi connectivity index (χ1n) is 6.78. The number of carbonyl (C=O) groups is 1. The van der Waals surface area contributed by atoms with E-state index in [2.05, 4.69) is 41.5 Å². The van der Waals surface area contributed by atoms with E-state index < -0.39 is 0 Å². The Labute approximate surface area is 106 Å². The van der Waals surface area contributed by atoms with Crippen LogP contribution in [0.25, 0.3) is 0 Å². The lowest BCUT2D eigenvalue weighted by Gasteiger charge is -2.52. The normalized spacial score (nSPS) is 33.4. The smallest absolute Gasteiger partial charge is 0.120 e. The summed E-state index contributed by atoms with van der Waals surface area (Å²) in [6, 6.07) is 0. The molecule has 1 aliphatic heterocycles. The van der Waals surface area contributed by atoms with Gasteiger partial charge >= 0.3 is 0 Å². The van der Waals surface area contributed by atoms with Crippen LogP contribution in [0.5, 0.6) is 0 Å². The molecule has 1 unspecified atom stereocenters. The highest BCUT2D eigenvalue weighted by Crippen LogP contribution is 2.47. The summed E-state index contributed by atoms with van der Waals surface area (Å²) in [5.41, 5.74) is 0.355. The number of carbonyl (C=O) groups excluding carboxylic acids is 1. The predicted molar refractivity (Wildman–Crippen MR) is 71.0 cm³/mol. The zero-order valence-electron chi connectivity index (χ0n) is 12.2. The molecule has 0 aromatic rings. The van der Waals surface area contributed by atoms with Crippen molar-refractivity contribution >= 4 is 6.29 Å². The van der Waals surface area contributed by atoms with Crippen molar-refractivity contribution in [3.05, 3.63) is 0 Å². The number of rotatable bonds is 3. The molecule has 0 spiro atoms. The van der Waals surface area contributed by atoms with Crippen molar-refractivity contribution in [2.75, 3.05) is 0 Å². The van der Waals surface area contributed by atoms with E-state index in [4.69, 9.17) is 4.74 Å². The zero-order chi connectivity index (χ0) is 13.3. The molecule has 1 saturated heterocycles. The van der Waals surface area contributed by atoms with Crippen molar-refractivity contribution in [2.24, 2.45) is 16.7 Å². The van der Waals surface area contributed by atoms with Crippen LogP contribution < -0.4 is 0 Å². The summed E-state index contributed by atoms with van der Waals surface area (Å²) in [4.78, 5) is 10.5. The molecule has 3 atom stereocenters. The first-order chi connectivity index (χ1) is 7.69. The van der Waals surface area contributed by atoms with E-state index in [1.807, 2.05) is 0 Å². The van der Waals surface area contributed by atoms with Crippen LogP contribution in [-0.4, -0.2) is 18.5 Å². The van der Waals surface area contributed by atoms with Crippen LogP contribution in [0.2, 0.25) is 0 Å². The Kier molecular flexibility index (Phi) is 4.40. The van der Waals surface area contributed by atoms with Gasteiger partial charge in [0.1, 0.15) is 6.29 Å². The molecular formula is C15H28O2. The lowest BCUT2D eigenvalue weighted by Crippen LogP contribution is -2.52. The Hall–Kier alpha value is -0.370. The van der Waals surface area contributed by atoms with Gasteiger partial charge < -0.3 is 9.53 Å². The fourth-order valence-electron chi connectivity index (χ4n) is 3.14. The van der Waals surface area contributed by atoms with Crippen LogP contribution in [-0.2, 0) is 9.53 Å². The first kappa shape index (κ1) is 14.7. The summed E-state index contributed by atoms with van der Waals surface area (Å²) in [5.74, 6) is 0.636. The third kappa shape index (κ3) is 3.31. The molecular weight excluding hydrogens is 212 g/mol. The van der Waals surface area contributed by atoms with E-state index >= 15 is 0 Å². The molecule has 0 aromatic heterocycles. The lowest BCUT2D eigenvalue weighted by atomic mass is 9.63. The molecule has 0 N–H and O–H groups in total. The summed E-state index contributed by atoms with van der Waals surface area (Å²) >= 11 is 0. The van der Waals surface area contributed by atoms with E-state index in [-0.39, 0.29) is 23.0 Å². The van der Waals surface area contributed by atoms with Crippen LogP contribution in [0.1, 0.15) is 60.8 Å². The number of ether oxygens (including phenoxy) is 1. The second-order valence-electron chi connectivity index (χ2n) is 7.21. The van der Waals surface area contributed by atoms with Crippen LogP contribution in [0.15, 0.2) is 0 Å². The SMILES string of the molecule is C[C@@H]1CC(CCC=O)O[C@H](C(C)(C)C)C1(C)C. The van der Waals surface area contributed by atoms with Gasteiger partial charge in [0.2, 0.25) is 0 Å². The van der Waals surface area contributed by atoms with Gasteiger partial charge in [0.05, 0.1) is 12.2 Å². The molecule has 0 bridgehead atoms. The summed E-state index contributed by atoms with van der Waals surface area (Å²) in [6.07, 6.45) is 4.08. The number of hydrogen-bond acceptors (Lipinski definition) is 2. The van der Waals surface area contributed by atoms with Crippen molar-refractivity contribution in [2.45, 2.75) is 73.0 Å². The average molecular weight is 240 g/mol. The van der Waals surface area contributed by atoms with Crippen LogP contribution in [0.4, 0.5) is 0 Å². The van der Waals surface area contributed by atoms with E-state index in [0.29, 0.717) is 12.3 Å². The van der Waals surface area contributed by atoms with Gasteiger partial charge in [-0.1, -0.05) is 41.5 Å². The maximum Gasteiger partial charge on any atom is 0.120 e. The monoisotopic (exact) mass is 240 g/mol. The molecule has 17 heavy (non-hydrogen) atoms. The van der Waals surface area contributed by atoms with Crippen molar-refractivity contribution in [3.63, 3.8) is 0 Å². The molecule has 2 nitrogen and oxygen atoms in total. The molecule has 1 rings (SSSR count). The van der Waals surface area contributed by atoms with E-state index in [1.54, 1.807) is 0 Å². The minimum Gasteiger partial charge on any atom is -0.374 e. The highest BCUT2D eigenvalue weighted by molar-refractivity contribution is 5.49. The van der Waals surface area contributed by atoms with Gasteiger partial charge in [0, 0.05) is 6.42 Å².